The third kappa shape index (κ3) is 3.53. The number of carbonyl (C=O) groups excluding carboxylic acids is 1. The molecule has 1 aromatic carbocycles. The van der Waals surface area contributed by atoms with Crippen molar-refractivity contribution in [3.05, 3.63) is 35.6 Å². The molecule has 1 N–H and O–H groups in total. The van der Waals surface area contributed by atoms with Crippen molar-refractivity contribution in [3.63, 3.8) is 0 Å². The van der Waals surface area contributed by atoms with Gasteiger partial charge in [-0.1, -0.05) is 25.1 Å². The Morgan fingerprint density at radius 1 is 1.47 bits per heavy atom. The highest BCUT2D eigenvalue weighted by Gasteiger charge is 2.34. The Kier molecular flexibility index (Phi) is 4.53. The molecular weight excluding hydrogens is 245 g/mol. The molecule has 1 aliphatic rings. The van der Waals surface area contributed by atoms with Gasteiger partial charge in [0.05, 0.1) is 6.61 Å². The van der Waals surface area contributed by atoms with Gasteiger partial charge in [0.2, 0.25) is 5.91 Å². The van der Waals surface area contributed by atoms with Gasteiger partial charge < -0.3 is 10.0 Å². The van der Waals surface area contributed by atoms with E-state index in [4.69, 9.17) is 5.11 Å². The molecule has 0 bridgehead atoms. The van der Waals surface area contributed by atoms with Gasteiger partial charge in [-0.05, 0) is 30.9 Å². The Morgan fingerprint density at radius 3 is 2.74 bits per heavy atom. The molecule has 2 rings (SSSR count). The van der Waals surface area contributed by atoms with Crippen LogP contribution in [0.1, 0.15) is 25.3 Å². The van der Waals surface area contributed by atoms with Crippen LogP contribution in [0.3, 0.4) is 0 Å². The molecule has 0 heterocycles. The third-order valence-electron chi connectivity index (χ3n) is 3.52. The summed E-state index contributed by atoms with van der Waals surface area (Å²) >= 11 is 0. The smallest absolute Gasteiger partial charge is 0.226 e. The first-order valence-corrected chi connectivity index (χ1v) is 6.78. The zero-order chi connectivity index (χ0) is 13.8. The molecule has 1 fully saturated rings. The first kappa shape index (κ1) is 14.0. The lowest BCUT2D eigenvalue weighted by Crippen LogP contribution is -2.39. The van der Waals surface area contributed by atoms with Crippen molar-refractivity contribution in [2.75, 3.05) is 13.2 Å². The summed E-state index contributed by atoms with van der Waals surface area (Å²) in [4.78, 5) is 14.1. The van der Waals surface area contributed by atoms with Gasteiger partial charge in [0, 0.05) is 18.5 Å². The van der Waals surface area contributed by atoms with E-state index < -0.39 is 0 Å². The standard InChI is InChI=1S/C15H20FNO2/c1-11(10-12-4-2-3-5-14(12)16)15(19)17(8-9-18)13-6-7-13/h2-5,11,13,18H,6-10H2,1H3. The van der Waals surface area contributed by atoms with E-state index in [9.17, 15) is 9.18 Å². The first-order valence-electron chi connectivity index (χ1n) is 6.78. The minimum atomic E-state index is -0.262. The summed E-state index contributed by atoms with van der Waals surface area (Å²) in [7, 11) is 0. The highest BCUT2D eigenvalue weighted by atomic mass is 19.1. The van der Waals surface area contributed by atoms with Crippen molar-refractivity contribution >= 4 is 5.91 Å². The summed E-state index contributed by atoms with van der Waals surface area (Å²) in [6.07, 6.45) is 2.43. The summed E-state index contributed by atoms with van der Waals surface area (Å²) in [5, 5.41) is 9.02. The average Bonchev–Trinajstić information content (AvgIpc) is 3.22. The predicted molar refractivity (Wildman–Crippen MR) is 71.1 cm³/mol. The normalized spacial score (nSPS) is 16.2. The van der Waals surface area contributed by atoms with Crippen molar-refractivity contribution in [1.29, 1.82) is 0 Å². The molecule has 3 nitrogen and oxygen atoms in total. The molecule has 104 valence electrons. The molecule has 0 aliphatic heterocycles. The minimum Gasteiger partial charge on any atom is -0.395 e. The van der Waals surface area contributed by atoms with Crippen LogP contribution in [-0.2, 0) is 11.2 Å². The molecule has 19 heavy (non-hydrogen) atoms. The molecule has 1 aliphatic carbocycles. The lowest BCUT2D eigenvalue weighted by Gasteiger charge is -2.25. The first-order chi connectivity index (χ1) is 9.13. The number of nitrogens with zero attached hydrogens (tertiary/aromatic N) is 1. The van der Waals surface area contributed by atoms with Crippen molar-refractivity contribution in [2.45, 2.75) is 32.2 Å². The maximum atomic E-state index is 13.6. The van der Waals surface area contributed by atoms with Gasteiger partial charge >= 0.3 is 0 Å². The fourth-order valence-corrected chi connectivity index (χ4v) is 2.33. The Labute approximate surface area is 113 Å². The summed E-state index contributed by atoms with van der Waals surface area (Å²) in [6.45, 7) is 2.18. The number of aliphatic hydroxyl groups excluding tert-OH is 1. The molecular formula is C15H20FNO2. The van der Waals surface area contributed by atoms with E-state index in [1.807, 2.05) is 6.92 Å². The second-order valence-corrected chi connectivity index (χ2v) is 5.18. The van der Waals surface area contributed by atoms with Crippen LogP contribution >= 0.6 is 0 Å². The predicted octanol–water partition coefficient (Wildman–Crippen LogP) is 1.99. The molecule has 1 amide bonds. The van der Waals surface area contributed by atoms with Crippen LogP contribution in [0.4, 0.5) is 4.39 Å². The monoisotopic (exact) mass is 265 g/mol. The van der Waals surface area contributed by atoms with Crippen LogP contribution in [-0.4, -0.2) is 35.1 Å². The number of aliphatic hydroxyl groups is 1. The number of halogens is 1. The Bertz CT molecular complexity index is 446. The minimum absolute atomic E-state index is 0.0137. The molecule has 1 saturated carbocycles. The number of carbonyl (C=O) groups is 1. The average molecular weight is 265 g/mol. The van der Waals surface area contributed by atoms with Gasteiger partial charge in [-0.3, -0.25) is 4.79 Å². The van der Waals surface area contributed by atoms with Crippen molar-refractivity contribution in [2.24, 2.45) is 5.92 Å². The Morgan fingerprint density at radius 2 is 2.16 bits per heavy atom. The van der Waals surface area contributed by atoms with E-state index >= 15 is 0 Å². The van der Waals surface area contributed by atoms with Crippen molar-refractivity contribution in [3.8, 4) is 0 Å². The zero-order valence-corrected chi connectivity index (χ0v) is 11.2. The van der Waals surface area contributed by atoms with Gasteiger partial charge in [-0.25, -0.2) is 4.39 Å². The van der Waals surface area contributed by atoms with E-state index in [-0.39, 0.29) is 30.3 Å². The van der Waals surface area contributed by atoms with Gasteiger partial charge in [0.15, 0.2) is 0 Å². The number of benzene rings is 1. The summed E-state index contributed by atoms with van der Waals surface area (Å²) in [5.74, 6) is -0.508. The number of hydrogen-bond donors (Lipinski definition) is 1. The molecule has 1 atom stereocenters. The molecule has 0 saturated heterocycles. The number of amides is 1. The lowest BCUT2D eigenvalue weighted by molar-refractivity contribution is -0.136. The Balaban J connectivity index is 2.00. The largest absolute Gasteiger partial charge is 0.395 e. The maximum Gasteiger partial charge on any atom is 0.226 e. The molecule has 4 heteroatoms. The van der Waals surface area contributed by atoms with Gasteiger partial charge in [0.25, 0.3) is 0 Å². The SMILES string of the molecule is CC(Cc1ccccc1F)C(=O)N(CCO)C1CC1. The van der Waals surface area contributed by atoms with Gasteiger partial charge in [0.1, 0.15) is 5.82 Å². The summed E-state index contributed by atoms with van der Waals surface area (Å²) < 4.78 is 13.6. The zero-order valence-electron chi connectivity index (χ0n) is 11.2. The molecule has 0 aromatic heterocycles. The van der Waals surface area contributed by atoms with Crippen LogP contribution in [0.15, 0.2) is 24.3 Å². The topological polar surface area (TPSA) is 40.5 Å². The van der Waals surface area contributed by atoms with E-state index in [2.05, 4.69) is 0 Å². The van der Waals surface area contributed by atoms with Crippen LogP contribution in [0.25, 0.3) is 0 Å². The van der Waals surface area contributed by atoms with Crippen LogP contribution in [0.5, 0.6) is 0 Å². The molecule has 1 aromatic rings. The van der Waals surface area contributed by atoms with Crippen LogP contribution in [0.2, 0.25) is 0 Å². The van der Waals surface area contributed by atoms with Gasteiger partial charge in [-0.15, -0.1) is 0 Å². The van der Waals surface area contributed by atoms with Crippen molar-refractivity contribution in [1.82, 2.24) is 4.90 Å². The number of hydrogen-bond acceptors (Lipinski definition) is 2. The molecule has 1 unspecified atom stereocenters. The quantitative estimate of drug-likeness (QED) is 0.854. The van der Waals surface area contributed by atoms with E-state index in [1.54, 1.807) is 23.1 Å². The van der Waals surface area contributed by atoms with Crippen molar-refractivity contribution < 1.29 is 14.3 Å². The molecule has 0 spiro atoms. The van der Waals surface area contributed by atoms with Crippen LogP contribution < -0.4 is 0 Å². The van der Waals surface area contributed by atoms with Crippen LogP contribution in [0, 0.1) is 11.7 Å². The van der Waals surface area contributed by atoms with Gasteiger partial charge in [-0.2, -0.15) is 0 Å². The summed E-state index contributed by atoms with van der Waals surface area (Å²) in [6, 6.07) is 6.84. The number of rotatable bonds is 6. The third-order valence-corrected chi connectivity index (χ3v) is 3.52. The fourth-order valence-electron chi connectivity index (χ4n) is 2.33. The van der Waals surface area contributed by atoms with E-state index in [0.717, 1.165) is 12.8 Å². The molecule has 0 radical (unpaired) electrons. The Hall–Kier alpha value is -1.42. The second-order valence-electron chi connectivity index (χ2n) is 5.18. The maximum absolute atomic E-state index is 13.6. The summed E-state index contributed by atoms with van der Waals surface area (Å²) in [5.41, 5.74) is 0.572. The fraction of sp³-hybridized carbons (Fsp3) is 0.533. The lowest BCUT2D eigenvalue weighted by atomic mass is 9.99. The second kappa shape index (κ2) is 6.15. The highest BCUT2D eigenvalue weighted by Crippen LogP contribution is 2.28. The van der Waals surface area contributed by atoms with E-state index in [1.165, 1.54) is 6.07 Å². The highest BCUT2D eigenvalue weighted by molar-refractivity contribution is 5.79. The van der Waals surface area contributed by atoms with E-state index in [0.29, 0.717) is 18.5 Å².